The Hall–Kier alpha value is -0.0500. The summed E-state index contributed by atoms with van der Waals surface area (Å²) in [5.74, 6) is 0. The van der Waals surface area contributed by atoms with E-state index in [1.54, 1.807) is 11.3 Å². The maximum Gasteiger partial charge on any atom is 0.0931 e. The molecule has 0 fully saturated rings. The molecule has 98 valence electrons. The van der Waals surface area contributed by atoms with Crippen LogP contribution in [0.4, 0.5) is 0 Å². The number of hydrogen-bond donors (Lipinski definition) is 1. The average Bonchev–Trinajstić information content (AvgIpc) is 2.58. The lowest BCUT2D eigenvalue weighted by atomic mass is 9.86. The second-order valence-electron chi connectivity index (χ2n) is 6.47. The number of aryl methyl sites for hydroxylation is 1. The third-order valence-corrected chi connectivity index (χ3v) is 4.07. The van der Waals surface area contributed by atoms with E-state index in [2.05, 4.69) is 46.0 Å². The molecule has 3 heteroatoms. The Morgan fingerprint density at radius 1 is 1.18 bits per heavy atom. The van der Waals surface area contributed by atoms with E-state index in [-0.39, 0.29) is 5.54 Å². The molecule has 1 N–H and O–H groups in total. The molecule has 1 aromatic heterocycles. The van der Waals surface area contributed by atoms with Gasteiger partial charge in [0.1, 0.15) is 0 Å². The van der Waals surface area contributed by atoms with Crippen LogP contribution in [0.15, 0.2) is 12.1 Å². The quantitative estimate of drug-likeness (QED) is 0.816. The molecule has 0 saturated heterocycles. The number of nitrogens with one attached hydrogen (secondary N) is 1. The van der Waals surface area contributed by atoms with Gasteiger partial charge in [0.05, 0.1) is 4.34 Å². The van der Waals surface area contributed by atoms with Gasteiger partial charge in [-0.25, -0.2) is 0 Å². The van der Waals surface area contributed by atoms with Gasteiger partial charge in [0.25, 0.3) is 0 Å². The molecule has 1 nitrogen and oxygen atoms in total. The van der Waals surface area contributed by atoms with E-state index in [9.17, 15) is 0 Å². The fourth-order valence-electron chi connectivity index (χ4n) is 1.54. The van der Waals surface area contributed by atoms with Crippen molar-refractivity contribution in [2.45, 2.75) is 53.0 Å². The Bertz CT molecular complexity index is 349. The molecule has 0 atom stereocenters. The Labute approximate surface area is 115 Å². The lowest BCUT2D eigenvalue weighted by Gasteiger charge is -2.30. The highest BCUT2D eigenvalue weighted by Crippen LogP contribution is 2.27. The molecule has 1 heterocycles. The SMILES string of the molecule is CC(C)(CCc1ccc(Cl)s1)CNC(C)(C)C. The van der Waals surface area contributed by atoms with Crippen molar-refractivity contribution < 1.29 is 0 Å². The van der Waals surface area contributed by atoms with Crippen molar-refractivity contribution in [1.82, 2.24) is 5.32 Å². The van der Waals surface area contributed by atoms with Gasteiger partial charge in [-0.1, -0.05) is 25.4 Å². The zero-order chi connectivity index (χ0) is 13.1. The van der Waals surface area contributed by atoms with Crippen LogP contribution < -0.4 is 5.32 Å². The smallest absolute Gasteiger partial charge is 0.0931 e. The van der Waals surface area contributed by atoms with Crippen LogP contribution in [0.1, 0.15) is 45.9 Å². The van der Waals surface area contributed by atoms with Gasteiger partial charge < -0.3 is 5.32 Å². The van der Waals surface area contributed by atoms with Gasteiger partial charge in [-0.3, -0.25) is 0 Å². The van der Waals surface area contributed by atoms with Crippen molar-refractivity contribution >= 4 is 22.9 Å². The lowest BCUT2D eigenvalue weighted by molar-refractivity contribution is 0.274. The van der Waals surface area contributed by atoms with Gasteiger partial charge in [-0.2, -0.15) is 0 Å². The predicted molar refractivity (Wildman–Crippen MR) is 79.2 cm³/mol. The molecule has 1 aromatic rings. The lowest BCUT2D eigenvalue weighted by Crippen LogP contribution is -2.42. The Morgan fingerprint density at radius 3 is 2.29 bits per heavy atom. The van der Waals surface area contributed by atoms with Gasteiger partial charge in [0, 0.05) is 17.0 Å². The van der Waals surface area contributed by atoms with Crippen molar-refractivity contribution in [3.05, 3.63) is 21.3 Å². The molecular formula is C14H24ClNS. The van der Waals surface area contributed by atoms with Gasteiger partial charge in [0.15, 0.2) is 0 Å². The second-order valence-corrected chi connectivity index (χ2v) is 8.27. The van der Waals surface area contributed by atoms with Crippen LogP contribution in [0.25, 0.3) is 0 Å². The maximum absolute atomic E-state index is 5.94. The van der Waals surface area contributed by atoms with E-state index in [0.717, 1.165) is 17.3 Å². The van der Waals surface area contributed by atoms with Crippen LogP contribution in [0.2, 0.25) is 4.34 Å². The molecular weight excluding hydrogens is 250 g/mol. The predicted octanol–water partition coefficient (Wildman–Crippen LogP) is 4.75. The van der Waals surface area contributed by atoms with Gasteiger partial charge >= 0.3 is 0 Å². The molecule has 0 unspecified atom stereocenters. The molecule has 0 saturated carbocycles. The van der Waals surface area contributed by atoms with Crippen LogP contribution >= 0.6 is 22.9 Å². The van der Waals surface area contributed by atoms with Crippen molar-refractivity contribution in [1.29, 1.82) is 0 Å². The highest BCUT2D eigenvalue weighted by atomic mass is 35.5. The Balaban J connectivity index is 2.39. The average molecular weight is 274 g/mol. The number of hydrogen-bond acceptors (Lipinski definition) is 2. The van der Waals surface area contributed by atoms with Crippen molar-refractivity contribution in [3.8, 4) is 0 Å². The first-order chi connectivity index (χ1) is 7.68. The van der Waals surface area contributed by atoms with Crippen LogP contribution in [-0.2, 0) is 6.42 Å². The molecule has 0 aliphatic heterocycles. The first kappa shape index (κ1) is 15.0. The van der Waals surface area contributed by atoms with E-state index < -0.39 is 0 Å². The van der Waals surface area contributed by atoms with E-state index in [0.29, 0.717) is 5.41 Å². The standard InChI is InChI=1S/C14H24ClNS/c1-13(2,3)16-10-14(4,5)9-8-11-6-7-12(15)17-11/h6-7,16H,8-10H2,1-5H3. The number of halogens is 1. The summed E-state index contributed by atoms with van der Waals surface area (Å²) in [5.41, 5.74) is 0.521. The highest BCUT2D eigenvalue weighted by molar-refractivity contribution is 7.16. The monoisotopic (exact) mass is 273 g/mol. The first-order valence-electron chi connectivity index (χ1n) is 6.17. The summed E-state index contributed by atoms with van der Waals surface area (Å²) in [7, 11) is 0. The van der Waals surface area contributed by atoms with E-state index in [4.69, 9.17) is 11.6 Å². The zero-order valence-corrected chi connectivity index (χ0v) is 13.1. The summed E-state index contributed by atoms with van der Waals surface area (Å²) in [6.45, 7) is 12.3. The largest absolute Gasteiger partial charge is 0.312 e. The molecule has 0 bridgehead atoms. The molecule has 1 rings (SSSR count). The van der Waals surface area contributed by atoms with E-state index >= 15 is 0 Å². The maximum atomic E-state index is 5.94. The molecule has 0 aromatic carbocycles. The van der Waals surface area contributed by atoms with Gasteiger partial charge in [0.2, 0.25) is 0 Å². The third-order valence-electron chi connectivity index (χ3n) is 2.77. The van der Waals surface area contributed by atoms with Gasteiger partial charge in [-0.05, 0) is 51.2 Å². The summed E-state index contributed by atoms with van der Waals surface area (Å²) in [6, 6.07) is 4.13. The van der Waals surface area contributed by atoms with Gasteiger partial charge in [-0.15, -0.1) is 11.3 Å². The molecule has 17 heavy (non-hydrogen) atoms. The highest BCUT2D eigenvalue weighted by Gasteiger charge is 2.20. The summed E-state index contributed by atoms with van der Waals surface area (Å²) in [4.78, 5) is 1.39. The zero-order valence-electron chi connectivity index (χ0n) is 11.6. The van der Waals surface area contributed by atoms with E-state index in [1.807, 2.05) is 6.07 Å². The topological polar surface area (TPSA) is 12.0 Å². The molecule has 0 radical (unpaired) electrons. The minimum Gasteiger partial charge on any atom is -0.312 e. The third kappa shape index (κ3) is 6.44. The first-order valence-corrected chi connectivity index (χ1v) is 7.37. The van der Waals surface area contributed by atoms with Crippen molar-refractivity contribution in [2.75, 3.05) is 6.54 Å². The van der Waals surface area contributed by atoms with Crippen molar-refractivity contribution in [3.63, 3.8) is 0 Å². The molecule has 0 amide bonds. The summed E-state index contributed by atoms with van der Waals surface area (Å²) in [6.07, 6.45) is 2.31. The fraction of sp³-hybridized carbons (Fsp3) is 0.714. The minimum absolute atomic E-state index is 0.198. The normalized spacial score (nSPS) is 13.1. The van der Waals surface area contributed by atoms with Crippen molar-refractivity contribution in [2.24, 2.45) is 5.41 Å². The second kappa shape index (κ2) is 5.73. The van der Waals surface area contributed by atoms with Crippen LogP contribution in [0, 0.1) is 5.41 Å². The van der Waals surface area contributed by atoms with Crippen LogP contribution in [-0.4, -0.2) is 12.1 Å². The van der Waals surface area contributed by atoms with E-state index in [1.165, 1.54) is 11.3 Å². The van der Waals surface area contributed by atoms with Crippen LogP contribution in [0.3, 0.4) is 0 Å². The number of rotatable bonds is 5. The summed E-state index contributed by atoms with van der Waals surface area (Å²) < 4.78 is 0.894. The number of thiophene rings is 1. The fourth-order valence-corrected chi connectivity index (χ4v) is 2.63. The Kier molecular flexibility index (Phi) is 5.06. The molecule has 0 spiro atoms. The summed E-state index contributed by atoms with van der Waals surface area (Å²) >= 11 is 7.63. The van der Waals surface area contributed by atoms with Crippen LogP contribution in [0.5, 0.6) is 0 Å². The molecule has 0 aliphatic rings. The Morgan fingerprint density at radius 2 is 1.82 bits per heavy atom. The minimum atomic E-state index is 0.198. The summed E-state index contributed by atoms with van der Waals surface area (Å²) in [5, 5.41) is 3.58. The molecule has 0 aliphatic carbocycles.